The van der Waals surface area contributed by atoms with E-state index in [1.807, 2.05) is 0 Å². The number of hydrogen-bond acceptors (Lipinski definition) is 4. The van der Waals surface area contributed by atoms with Gasteiger partial charge in [-0.2, -0.15) is 8.42 Å². The average Bonchev–Trinajstić information content (AvgIpc) is 1.93. The summed E-state index contributed by atoms with van der Waals surface area (Å²) in [5.74, 6) is -0.361. The van der Waals surface area contributed by atoms with E-state index < -0.39 is 21.9 Å². The van der Waals surface area contributed by atoms with Gasteiger partial charge in [-0.25, -0.2) is 4.79 Å². The van der Waals surface area contributed by atoms with Crippen molar-refractivity contribution in [2.75, 3.05) is 5.75 Å². The first-order valence-corrected chi connectivity index (χ1v) is 5.98. The number of urea groups is 1. The smallest absolute Gasteiger partial charge is 0.314 e. The molecular formula is C7H16N2O5S. The molecule has 15 heavy (non-hydrogen) atoms. The van der Waals surface area contributed by atoms with Crippen LogP contribution in [0.2, 0.25) is 0 Å². The van der Waals surface area contributed by atoms with Gasteiger partial charge in [-0.15, -0.1) is 0 Å². The normalized spacial score (nSPS) is 15.7. The molecule has 0 radical (unpaired) electrons. The maximum absolute atomic E-state index is 10.4. The Labute approximate surface area is 88.4 Å². The van der Waals surface area contributed by atoms with E-state index in [0.29, 0.717) is 6.42 Å². The summed E-state index contributed by atoms with van der Waals surface area (Å²) in [5, 5.41) is 11.6. The first-order chi connectivity index (χ1) is 6.62. The third-order valence-corrected chi connectivity index (χ3v) is 2.51. The Morgan fingerprint density at radius 3 is 2.40 bits per heavy atom. The van der Waals surface area contributed by atoms with Gasteiger partial charge in [0.15, 0.2) is 0 Å². The molecule has 0 rings (SSSR count). The van der Waals surface area contributed by atoms with Crippen LogP contribution in [0.25, 0.3) is 0 Å². The predicted octanol–water partition coefficient (Wildman–Crippen LogP) is -0.579. The van der Waals surface area contributed by atoms with Gasteiger partial charge >= 0.3 is 6.03 Å². The number of amides is 2. The second kappa shape index (κ2) is 5.29. The van der Waals surface area contributed by atoms with Crippen LogP contribution in [0.15, 0.2) is 0 Å². The predicted molar refractivity (Wildman–Crippen MR) is 53.6 cm³/mol. The Balaban J connectivity index is 3.80. The van der Waals surface area contributed by atoms with Crippen LogP contribution in [0.1, 0.15) is 26.2 Å². The van der Waals surface area contributed by atoms with Gasteiger partial charge in [0.05, 0.1) is 5.75 Å². The number of carbonyl (C=O) groups excluding carboxylic acids is 1. The Morgan fingerprint density at radius 1 is 1.47 bits per heavy atom. The van der Waals surface area contributed by atoms with Crippen LogP contribution in [0.5, 0.6) is 0 Å². The average molecular weight is 240 g/mol. The highest BCUT2D eigenvalue weighted by Gasteiger charge is 2.20. The number of hydrogen-bond donors (Lipinski definition) is 4. The van der Waals surface area contributed by atoms with Crippen molar-refractivity contribution in [1.82, 2.24) is 5.32 Å². The lowest BCUT2D eigenvalue weighted by atomic mass is 10.1. The van der Waals surface area contributed by atoms with E-state index in [1.54, 1.807) is 0 Å². The molecule has 1 atom stereocenters. The second-order valence-corrected chi connectivity index (χ2v) is 5.08. The summed E-state index contributed by atoms with van der Waals surface area (Å²) in [4.78, 5) is 10.4. The fourth-order valence-electron chi connectivity index (χ4n) is 1.08. The molecule has 7 nitrogen and oxygen atoms in total. The number of unbranched alkanes of at least 4 members (excludes halogenated alkanes) is 1. The van der Waals surface area contributed by atoms with Crippen LogP contribution >= 0.6 is 0 Å². The van der Waals surface area contributed by atoms with Crippen molar-refractivity contribution in [2.45, 2.75) is 31.9 Å². The molecule has 0 fully saturated rings. The summed E-state index contributed by atoms with van der Waals surface area (Å²) in [5.41, 5.74) is 3.35. The van der Waals surface area contributed by atoms with Crippen LogP contribution in [0.3, 0.4) is 0 Å². The fourth-order valence-corrected chi connectivity index (χ4v) is 1.65. The van der Waals surface area contributed by atoms with Gasteiger partial charge in [0.25, 0.3) is 10.1 Å². The Morgan fingerprint density at radius 2 is 2.00 bits per heavy atom. The Kier molecular flexibility index (Phi) is 4.98. The maximum Gasteiger partial charge on any atom is 0.314 e. The maximum atomic E-state index is 10.4. The highest BCUT2D eigenvalue weighted by molar-refractivity contribution is 7.85. The third-order valence-electron chi connectivity index (χ3n) is 1.71. The molecule has 0 aromatic carbocycles. The van der Waals surface area contributed by atoms with Gasteiger partial charge in [-0.05, 0) is 26.2 Å². The molecule has 5 N–H and O–H groups in total. The molecule has 0 aliphatic heterocycles. The van der Waals surface area contributed by atoms with Crippen molar-refractivity contribution in [3.63, 3.8) is 0 Å². The molecule has 8 heteroatoms. The van der Waals surface area contributed by atoms with Gasteiger partial charge in [-0.3, -0.25) is 4.55 Å². The highest BCUT2D eigenvalue weighted by atomic mass is 32.2. The number of rotatable bonds is 6. The zero-order valence-corrected chi connectivity index (χ0v) is 9.25. The molecule has 0 aromatic rings. The van der Waals surface area contributed by atoms with Crippen LogP contribution in [0.4, 0.5) is 4.79 Å². The molecule has 0 bridgehead atoms. The minimum atomic E-state index is -3.96. The molecule has 1 unspecified atom stereocenters. The number of nitrogens with one attached hydrogen (secondary N) is 1. The summed E-state index contributed by atoms with van der Waals surface area (Å²) in [6.07, 6.45) is 0.702. The molecule has 0 spiro atoms. The van der Waals surface area contributed by atoms with Gasteiger partial charge in [0, 0.05) is 0 Å². The lowest BCUT2D eigenvalue weighted by Gasteiger charge is -2.23. The SMILES string of the molecule is CC(O)(CCCCS(=O)(=O)O)NC(N)=O. The van der Waals surface area contributed by atoms with E-state index in [4.69, 9.17) is 10.3 Å². The molecule has 0 aliphatic rings. The largest absolute Gasteiger partial charge is 0.371 e. The van der Waals surface area contributed by atoms with Crippen molar-refractivity contribution < 1.29 is 22.9 Å². The van der Waals surface area contributed by atoms with Crippen molar-refractivity contribution in [3.8, 4) is 0 Å². The van der Waals surface area contributed by atoms with Crippen molar-refractivity contribution in [1.29, 1.82) is 0 Å². The van der Waals surface area contributed by atoms with Gasteiger partial charge < -0.3 is 16.2 Å². The van der Waals surface area contributed by atoms with Crippen molar-refractivity contribution in [3.05, 3.63) is 0 Å². The van der Waals surface area contributed by atoms with Crippen LogP contribution in [-0.4, -0.2) is 35.6 Å². The number of aliphatic hydroxyl groups is 1. The van der Waals surface area contributed by atoms with Crippen LogP contribution < -0.4 is 11.1 Å². The molecule has 0 aromatic heterocycles. The monoisotopic (exact) mass is 240 g/mol. The standard InChI is InChI=1S/C7H16N2O5S/c1-7(11,9-6(8)10)4-2-3-5-15(12,13)14/h11H,2-5H2,1H3,(H3,8,9,10)(H,12,13,14). The van der Waals surface area contributed by atoms with Crippen LogP contribution in [-0.2, 0) is 10.1 Å². The quantitative estimate of drug-likeness (QED) is 0.280. The second-order valence-electron chi connectivity index (χ2n) is 3.51. The van der Waals surface area contributed by atoms with E-state index in [0.717, 1.165) is 0 Å². The zero-order valence-electron chi connectivity index (χ0n) is 8.43. The van der Waals surface area contributed by atoms with Gasteiger partial charge in [0.1, 0.15) is 5.72 Å². The first-order valence-electron chi connectivity index (χ1n) is 4.37. The lowest BCUT2D eigenvalue weighted by molar-refractivity contribution is 0.0263. The molecule has 0 heterocycles. The Hall–Kier alpha value is -0.860. The summed E-state index contributed by atoms with van der Waals surface area (Å²) in [6, 6.07) is -0.852. The van der Waals surface area contributed by atoms with E-state index >= 15 is 0 Å². The molecule has 2 amide bonds. The summed E-state index contributed by atoms with van der Waals surface area (Å²) in [6.45, 7) is 1.35. The number of primary amides is 1. The molecule has 0 saturated carbocycles. The number of nitrogens with two attached hydrogens (primary N) is 1. The zero-order chi connectivity index (χ0) is 12.1. The van der Waals surface area contributed by atoms with Gasteiger partial charge in [-0.1, -0.05) is 0 Å². The molecule has 90 valence electrons. The topological polar surface area (TPSA) is 130 Å². The molecule has 0 saturated heterocycles. The molecule has 0 aliphatic carbocycles. The minimum absolute atomic E-state index is 0.158. The summed E-state index contributed by atoms with van der Waals surface area (Å²) >= 11 is 0. The van der Waals surface area contributed by atoms with E-state index in [9.17, 15) is 18.3 Å². The van der Waals surface area contributed by atoms with E-state index in [1.165, 1.54) is 6.92 Å². The van der Waals surface area contributed by atoms with Crippen molar-refractivity contribution >= 4 is 16.1 Å². The third kappa shape index (κ3) is 9.44. The number of carbonyl (C=O) groups is 1. The minimum Gasteiger partial charge on any atom is -0.371 e. The lowest BCUT2D eigenvalue weighted by Crippen LogP contribution is -2.48. The first kappa shape index (κ1) is 14.1. The summed E-state index contributed by atoms with van der Waals surface area (Å²) in [7, 11) is -3.96. The highest BCUT2D eigenvalue weighted by Crippen LogP contribution is 2.10. The van der Waals surface area contributed by atoms with Gasteiger partial charge in [0.2, 0.25) is 0 Å². The summed E-state index contributed by atoms with van der Waals surface area (Å²) < 4.78 is 29.1. The van der Waals surface area contributed by atoms with E-state index in [-0.39, 0.29) is 18.6 Å². The van der Waals surface area contributed by atoms with Crippen molar-refractivity contribution in [2.24, 2.45) is 5.73 Å². The van der Waals surface area contributed by atoms with Crippen LogP contribution in [0, 0.1) is 0 Å². The molecular weight excluding hydrogens is 224 g/mol. The van der Waals surface area contributed by atoms with E-state index in [2.05, 4.69) is 5.32 Å². The Bertz CT molecular complexity index is 311. The fraction of sp³-hybridized carbons (Fsp3) is 0.857.